The summed E-state index contributed by atoms with van der Waals surface area (Å²) in [5, 5.41) is 9.39. The average molecular weight is 408 g/mol. The maximum atomic E-state index is 13.4. The highest BCUT2D eigenvalue weighted by atomic mass is 19.1. The van der Waals surface area contributed by atoms with E-state index in [0.29, 0.717) is 40.3 Å². The maximum absolute atomic E-state index is 13.4. The van der Waals surface area contributed by atoms with Gasteiger partial charge in [0.15, 0.2) is 0 Å². The van der Waals surface area contributed by atoms with Crippen LogP contribution in [0.1, 0.15) is 43.5 Å². The summed E-state index contributed by atoms with van der Waals surface area (Å²) in [6.07, 6.45) is 7.77. The summed E-state index contributed by atoms with van der Waals surface area (Å²) in [5.41, 5.74) is 2.83. The first-order valence-corrected chi connectivity index (χ1v) is 10.2. The van der Waals surface area contributed by atoms with Crippen molar-refractivity contribution in [3.63, 3.8) is 0 Å². The Morgan fingerprint density at radius 2 is 2.07 bits per heavy atom. The summed E-state index contributed by atoms with van der Waals surface area (Å²) in [5.74, 6) is 0.660. The van der Waals surface area contributed by atoms with Gasteiger partial charge in [-0.2, -0.15) is 0 Å². The predicted octanol–water partition coefficient (Wildman–Crippen LogP) is 4.26. The first-order valence-electron chi connectivity index (χ1n) is 10.2. The van der Waals surface area contributed by atoms with E-state index in [1.54, 1.807) is 12.3 Å². The van der Waals surface area contributed by atoms with Crippen molar-refractivity contribution in [3.8, 4) is 0 Å². The molecule has 0 aromatic carbocycles. The molecular formula is C22H25FN6O. The molecule has 0 atom stereocenters. The molecule has 1 saturated carbocycles. The van der Waals surface area contributed by atoms with E-state index < -0.39 is 5.82 Å². The average Bonchev–Trinajstić information content (AvgIpc) is 3.52. The largest absolute Gasteiger partial charge is 0.380 e. The molecule has 0 bridgehead atoms. The topological polar surface area (TPSA) is 91.8 Å². The lowest BCUT2D eigenvalue weighted by Crippen LogP contribution is -2.27. The third kappa shape index (κ3) is 4.82. The fourth-order valence-electron chi connectivity index (χ4n) is 3.26. The molecular weight excluding hydrogens is 383 g/mol. The van der Waals surface area contributed by atoms with Crippen LogP contribution in [0.25, 0.3) is 11.0 Å². The van der Waals surface area contributed by atoms with Gasteiger partial charge in [-0.25, -0.2) is 9.37 Å². The maximum Gasteiger partial charge on any atom is 0.255 e. The molecule has 3 aromatic rings. The molecule has 3 heterocycles. The van der Waals surface area contributed by atoms with E-state index in [4.69, 9.17) is 0 Å². The smallest absolute Gasteiger partial charge is 0.255 e. The Bertz CT molecular complexity index is 1070. The molecule has 0 radical (unpaired) electrons. The number of halogens is 1. The molecule has 7 nitrogen and oxygen atoms in total. The van der Waals surface area contributed by atoms with Crippen molar-refractivity contribution in [1.82, 2.24) is 20.3 Å². The summed E-state index contributed by atoms with van der Waals surface area (Å²) in [4.78, 5) is 25.7. The number of nitrogens with zero attached hydrogens (tertiary/aromatic N) is 3. The zero-order valence-electron chi connectivity index (χ0n) is 17.1. The van der Waals surface area contributed by atoms with Crippen LogP contribution in [0.3, 0.4) is 0 Å². The van der Waals surface area contributed by atoms with Crippen molar-refractivity contribution in [2.45, 2.75) is 39.2 Å². The molecule has 1 aliphatic rings. The molecule has 1 aliphatic carbocycles. The van der Waals surface area contributed by atoms with Crippen LogP contribution in [-0.4, -0.2) is 33.4 Å². The summed E-state index contributed by atoms with van der Waals surface area (Å²) in [6, 6.07) is 5.01. The second-order valence-corrected chi connectivity index (χ2v) is 7.91. The first kappa shape index (κ1) is 20.0. The Morgan fingerprint density at radius 1 is 1.23 bits per heavy atom. The number of hydrogen-bond acceptors (Lipinski definition) is 6. The van der Waals surface area contributed by atoms with Crippen molar-refractivity contribution < 1.29 is 9.18 Å². The first-order chi connectivity index (χ1) is 14.5. The third-order valence-corrected chi connectivity index (χ3v) is 4.90. The van der Waals surface area contributed by atoms with Crippen LogP contribution in [0, 0.1) is 11.7 Å². The van der Waals surface area contributed by atoms with Crippen molar-refractivity contribution in [1.29, 1.82) is 0 Å². The molecule has 4 rings (SSSR count). The van der Waals surface area contributed by atoms with E-state index in [1.807, 2.05) is 19.9 Å². The van der Waals surface area contributed by atoms with Crippen LogP contribution in [0.2, 0.25) is 0 Å². The molecule has 1 fully saturated rings. The third-order valence-electron chi connectivity index (χ3n) is 4.90. The number of fused-ring (bicyclic) bond motifs is 1. The molecule has 3 N–H and O–H groups in total. The summed E-state index contributed by atoms with van der Waals surface area (Å²) >= 11 is 0. The highest BCUT2D eigenvalue weighted by Gasteiger charge is 2.22. The van der Waals surface area contributed by atoms with E-state index in [9.17, 15) is 9.18 Å². The van der Waals surface area contributed by atoms with Crippen molar-refractivity contribution >= 4 is 34.1 Å². The number of amides is 1. The van der Waals surface area contributed by atoms with E-state index in [0.717, 1.165) is 18.5 Å². The van der Waals surface area contributed by atoms with E-state index >= 15 is 0 Å². The zero-order chi connectivity index (χ0) is 21.1. The second kappa shape index (κ2) is 8.61. The minimum Gasteiger partial charge on any atom is -0.380 e. The number of carbonyl (C=O) groups excluding carboxylic acids is 1. The zero-order valence-corrected chi connectivity index (χ0v) is 17.1. The SMILES string of the molecule is CC(C)Nc1c(C(=O)NCCC2CC2)cnc2ccc(Nc3cncc(F)c3)nc12. The van der Waals surface area contributed by atoms with Crippen LogP contribution >= 0.6 is 0 Å². The van der Waals surface area contributed by atoms with Gasteiger partial charge in [-0.15, -0.1) is 0 Å². The number of rotatable bonds is 8. The number of carbonyl (C=O) groups is 1. The van der Waals surface area contributed by atoms with E-state index in [2.05, 4.69) is 30.9 Å². The van der Waals surface area contributed by atoms with E-state index in [-0.39, 0.29) is 11.9 Å². The molecule has 156 valence electrons. The number of pyridine rings is 3. The lowest BCUT2D eigenvalue weighted by molar-refractivity contribution is 0.0953. The van der Waals surface area contributed by atoms with Crippen molar-refractivity contribution in [3.05, 3.63) is 48.2 Å². The normalized spacial score (nSPS) is 13.5. The lowest BCUT2D eigenvalue weighted by atomic mass is 10.1. The fraction of sp³-hybridized carbons (Fsp3) is 0.364. The summed E-state index contributed by atoms with van der Waals surface area (Å²) in [7, 11) is 0. The molecule has 0 aliphatic heterocycles. The van der Waals surface area contributed by atoms with Gasteiger partial charge < -0.3 is 16.0 Å². The van der Waals surface area contributed by atoms with Gasteiger partial charge in [0.05, 0.1) is 34.8 Å². The van der Waals surface area contributed by atoms with Gasteiger partial charge in [0.2, 0.25) is 0 Å². The minimum absolute atomic E-state index is 0.0967. The number of anilines is 3. The summed E-state index contributed by atoms with van der Waals surface area (Å²) < 4.78 is 13.4. The van der Waals surface area contributed by atoms with Gasteiger partial charge >= 0.3 is 0 Å². The number of nitrogens with one attached hydrogen (secondary N) is 3. The number of hydrogen-bond donors (Lipinski definition) is 3. The quantitative estimate of drug-likeness (QED) is 0.516. The van der Waals surface area contributed by atoms with Gasteiger partial charge in [0, 0.05) is 24.8 Å². The number of aromatic nitrogens is 3. The van der Waals surface area contributed by atoms with Crippen LogP contribution < -0.4 is 16.0 Å². The highest BCUT2D eigenvalue weighted by molar-refractivity contribution is 6.06. The van der Waals surface area contributed by atoms with Gasteiger partial charge in [0.1, 0.15) is 17.2 Å². The molecule has 30 heavy (non-hydrogen) atoms. The molecule has 8 heteroatoms. The van der Waals surface area contributed by atoms with Crippen molar-refractivity contribution in [2.75, 3.05) is 17.2 Å². The fourth-order valence-corrected chi connectivity index (χ4v) is 3.26. The van der Waals surface area contributed by atoms with Gasteiger partial charge in [-0.1, -0.05) is 12.8 Å². The Morgan fingerprint density at radius 3 is 2.80 bits per heavy atom. The standard InChI is InChI=1S/C22H25FN6O/c1-13(2)27-20-17(22(30)25-8-7-14-3-4-14)12-26-18-5-6-19(29-21(18)20)28-16-9-15(23)10-24-11-16/h5-6,9-14H,3-4,7-8H2,1-2H3,(H,25,30)(H,26,27)(H,28,29). The lowest BCUT2D eigenvalue weighted by Gasteiger charge is -2.17. The minimum atomic E-state index is -0.435. The molecule has 0 saturated heterocycles. The van der Waals surface area contributed by atoms with Crippen LogP contribution in [0.4, 0.5) is 21.6 Å². The highest BCUT2D eigenvalue weighted by Crippen LogP contribution is 2.32. The molecule has 0 spiro atoms. The van der Waals surface area contributed by atoms with Crippen LogP contribution in [0.5, 0.6) is 0 Å². The Labute approximate surface area is 174 Å². The Hall–Kier alpha value is -3.29. The van der Waals surface area contributed by atoms with Crippen LogP contribution in [0.15, 0.2) is 36.8 Å². The second-order valence-electron chi connectivity index (χ2n) is 7.91. The Kier molecular flexibility index (Phi) is 5.74. The van der Waals surface area contributed by atoms with Crippen LogP contribution in [-0.2, 0) is 0 Å². The monoisotopic (exact) mass is 408 g/mol. The van der Waals surface area contributed by atoms with Crippen molar-refractivity contribution in [2.24, 2.45) is 5.92 Å². The van der Waals surface area contributed by atoms with Gasteiger partial charge in [-0.3, -0.25) is 14.8 Å². The van der Waals surface area contributed by atoms with Gasteiger partial charge in [0.25, 0.3) is 5.91 Å². The molecule has 3 aromatic heterocycles. The molecule has 1 amide bonds. The Balaban J connectivity index is 1.66. The van der Waals surface area contributed by atoms with Gasteiger partial charge in [-0.05, 0) is 38.3 Å². The van der Waals surface area contributed by atoms with E-state index in [1.165, 1.54) is 25.1 Å². The molecule has 0 unspecified atom stereocenters. The predicted molar refractivity (Wildman–Crippen MR) is 115 cm³/mol. The summed E-state index contributed by atoms with van der Waals surface area (Å²) in [6.45, 7) is 4.66.